The van der Waals surface area contributed by atoms with Gasteiger partial charge in [-0.3, -0.25) is 9.59 Å². The van der Waals surface area contributed by atoms with Crippen LogP contribution in [0.3, 0.4) is 0 Å². The number of nitrogens with zero attached hydrogens (tertiary/aromatic N) is 3. The highest BCUT2D eigenvalue weighted by atomic mass is 19.1. The van der Waals surface area contributed by atoms with Crippen LogP contribution in [0.25, 0.3) is 0 Å². The molecule has 0 aromatic heterocycles. The van der Waals surface area contributed by atoms with E-state index in [1.54, 1.807) is 17.0 Å². The van der Waals surface area contributed by atoms with Crippen LogP contribution in [0, 0.1) is 17.2 Å². The number of nitrogens with one attached hydrogen (secondary N) is 2. The van der Waals surface area contributed by atoms with Crippen LogP contribution in [0.15, 0.2) is 24.3 Å². The minimum atomic E-state index is -0.769. The third-order valence-electron chi connectivity index (χ3n) is 9.62. The minimum Gasteiger partial charge on any atom is -0.343 e. The van der Waals surface area contributed by atoms with Crippen molar-refractivity contribution in [2.45, 2.75) is 97.2 Å². The molecule has 2 saturated heterocycles. The summed E-state index contributed by atoms with van der Waals surface area (Å²) >= 11 is 0. The Morgan fingerprint density at radius 2 is 1.56 bits per heavy atom. The maximum Gasteiger partial charge on any atom is 0.318 e. The number of amides is 4. The van der Waals surface area contributed by atoms with Crippen molar-refractivity contribution in [2.24, 2.45) is 11.3 Å². The number of piperazine rings is 1. The van der Waals surface area contributed by atoms with E-state index in [4.69, 9.17) is 0 Å². The lowest BCUT2D eigenvalue weighted by molar-refractivity contribution is -0.154. The number of halogens is 1. The maximum atomic E-state index is 14.0. The van der Waals surface area contributed by atoms with Gasteiger partial charge in [0, 0.05) is 57.8 Å². The number of benzene rings is 1. The molecule has 2 N–H and O–H groups in total. The number of urea groups is 1. The van der Waals surface area contributed by atoms with Crippen LogP contribution < -0.4 is 10.6 Å². The van der Waals surface area contributed by atoms with E-state index in [0.717, 1.165) is 31.2 Å². The molecule has 1 aliphatic carbocycles. The van der Waals surface area contributed by atoms with Gasteiger partial charge in [-0.15, -0.1) is 0 Å². The Bertz CT molecular complexity index is 1020. The molecule has 2 heterocycles. The molecule has 4 rings (SSSR count). The van der Waals surface area contributed by atoms with Crippen LogP contribution >= 0.6 is 0 Å². The van der Waals surface area contributed by atoms with Crippen molar-refractivity contribution in [3.63, 3.8) is 0 Å². The first-order valence-corrected chi connectivity index (χ1v) is 15.8. The molecule has 4 amide bonds. The Morgan fingerprint density at radius 1 is 0.976 bits per heavy atom. The second-order valence-electron chi connectivity index (χ2n) is 12.5. The Morgan fingerprint density at radius 3 is 2.12 bits per heavy atom. The first-order valence-electron chi connectivity index (χ1n) is 15.8. The topological polar surface area (TPSA) is 85.0 Å². The number of piperidine rings is 1. The second kappa shape index (κ2) is 14.0. The maximum absolute atomic E-state index is 14.0. The summed E-state index contributed by atoms with van der Waals surface area (Å²) in [5.74, 6) is 0.136. The van der Waals surface area contributed by atoms with E-state index >= 15 is 0 Å². The fourth-order valence-electron chi connectivity index (χ4n) is 7.41. The Kier molecular flexibility index (Phi) is 10.7. The average molecular weight is 572 g/mol. The monoisotopic (exact) mass is 571 g/mol. The summed E-state index contributed by atoms with van der Waals surface area (Å²) in [7, 11) is 0. The first kappa shape index (κ1) is 31.3. The number of rotatable bonds is 8. The smallest absolute Gasteiger partial charge is 0.318 e. The zero-order valence-corrected chi connectivity index (χ0v) is 25.5. The number of hydrogen-bond donors (Lipinski definition) is 2. The van der Waals surface area contributed by atoms with Gasteiger partial charge in [-0.25, -0.2) is 9.18 Å². The lowest BCUT2D eigenvalue weighted by Crippen LogP contribution is -2.61. The van der Waals surface area contributed by atoms with Crippen molar-refractivity contribution in [1.29, 1.82) is 0 Å². The molecular weight excluding hydrogens is 521 g/mol. The van der Waals surface area contributed by atoms with Crippen LogP contribution in [0.2, 0.25) is 0 Å². The standard InChI is InChI=1S/C32H50FN5O3/c1-5-36(6-2)30(40)32(26-10-8-7-9-11-26)16-18-37(19-17-32)29(39)28(20-25-12-14-27(33)15-13-25)35-31(41)38-21-23(3)34-24(4)22-38/h12-15,23-24,26,28,34H,5-11,16-22H2,1-4H3,(H,35,41)/t23?,24?,28-/m1/s1. The molecule has 3 fully saturated rings. The molecule has 1 aromatic carbocycles. The van der Waals surface area contributed by atoms with Gasteiger partial charge in [-0.1, -0.05) is 31.4 Å². The average Bonchev–Trinajstić information content (AvgIpc) is 2.98. The van der Waals surface area contributed by atoms with Gasteiger partial charge in [-0.05, 0) is 77.0 Å². The van der Waals surface area contributed by atoms with Gasteiger partial charge >= 0.3 is 6.03 Å². The molecule has 8 nitrogen and oxygen atoms in total. The van der Waals surface area contributed by atoms with Crippen molar-refractivity contribution in [3.8, 4) is 0 Å². The third-order valence-corrected chi connectivity index (χ3v) is 9.62. The number of likely N-dealkylation sites (tertiary alicyclic amines) is 1. The van der Waals surface area contributed by atoms with Gasteiger partial charge in [0.05, 0.1) is 5.41 Å². The van der Waals surface area contributed by atoms with Crippen LogP contribution in [0.5, 0.6) is 0 Å². The van der Waals surface area contributed by atoms with Gasteiger partial charge in [0.1, 0.15) is 11.9 Å². The molecule has 0 bridgehead atoms. The summed E-state index contributed by atoms with van der Waals surface area (Å²) in [6.07, 6.45) is 7.30. The third kappa shape index (κ3) is 7.40. The van der Waals surface area contributed by atoms with Crippen molar-refractivity contribution in [3.05, 3.63) is 35.6 Å². The molecule has 2 unspecified atom stereocenters. The largest absolute Gasteiger partial charge is 0.343 e. The summed E-state index contributed by atoms with van der Waals surface area (Å²) in [5.41, 5.74) is 0.365. The highest BCUT2D eigenvalue weighted by Gasteiger charge is 2.49. The van der Waals surface area contributed by atoms with Gasteiger partial charge in [0.15, 0.2) is 0 Å². The highest BCUT2D eigenvalue weighted by molar-refractivity contribution is 5.88. The molecule has 3 atom stereocenters. The predicted molar refractivity (Wildman–Crippen MR) is 159 cm³/mol. The fourth-order valence-corrected chi connectivity index (χ4v) is 7.41. The number of hydrogen-bond acceptors (Lipinski definition) is 4. The fraction of sp³-hybridized carbons (Fsp3) is 0.719. The van der Waals surface area contributed by atoms with E-state index < -0.39 is 11.5 Å². The molecular formula is C32H50FN5O3. The van der Waals surface area contributed by atoms with E-state index in [-0.39, 0.29) is 42.2 Å². The molecule has 1 saturated carbocycles. The SMILES string of the molecule is CCN(CC)C(=O)C1(C2CCCCC2)CCN(C(=O)[C@@H](Cc2ccc(F)cc2)NC(=O)N2CC(C)NC(C)C2)CC1. The zero-order chi connectivity index (χ0) is 29.6. The molecule has 0 radical (unpaired) electrons. The second-order valence-corrected chi connectivity index (χ2v) is 12.5. The van der Waals surface area contributed by atoms with E-state index in [9.17, 15) is 18.8 Å². The van der Waals surface area contributed by atoms with Crippen molar-refractivity contribution in [1.82, 2.24) is 25.3 Å². The van der Waals surface area contributed by atoms with Gasteiger partial charge in [0.25, 0.3) is 0 Å². The summed E-state index contributed by atoms with van der Waals surface area (Å²) in [6, 6.07) is 5.41. The Balaban J connectivity index is 1.51. The zero-order valence-electron chi connectivity index (χ0n) is 25.5. The molecule has 2 aliphatic heterocycles. The molecule has 0 spiro atoms. The van der Waals surface area contributed by atoms with Crippen LogP contribution in [-0.2, 0) is 16.0 Å². The molecule has 9 heteroatoms. The van der Waals surface area contributed by atoms with E-state index in [1.807, 2.05) is 37.5 Å². The summed E-state index contributed by atoms with van der Waals surface area (Å²) < 4.78 is 13.6. The summed E-state index contributed by atoms with van der Waals surface area (Å²) in [6.45, 7) is 11.7. The van der Waals surface area contributed by atoms with E-state index in [2.05, 4.69) is 10.6 Å². The number of carbonyl (C=O) groups is 3. The van der Waals surface area contributed by atoms with E-state index in [1.165, 1.54) is 18.6 Å². The van der Waals surface area contributed by atoms with Gasteiger partial charge in [0.2, 0.25) is 11.8 Å². The molecule has 228 valence electrons. The summed E-state index contributed by atoms with van der Waals surface area (Å²) in [5, 5.41) is 6.46. The number of carbonyl (C=O) groups excluding carboxylic acids is 3. The van der Waals surface area contributed by atoms with Crippen LogP contribution in [0.1, 0.15) is 78.2 Å². The quantitative estimate of drug-likeness (QED) is 0.490. The molecule has 1 aromatic rings. The van der Waals surface area contributed by atoms with E-state index in [0.29, 0.717) is 58.0 Å². The van der Waals surface area contributed by atoms with Crippen LogP contribution in [0.4, 0.5) is 9.18 Å². The van der Waals surface area contributed by atoms with Crippen molar-refractivity contribution >= 4 is 17.8 Å². The van der Waals surface area contributed by atoms with Crippen molar-refractivity contribution < 1.29 is 18.8 Å². The van der Waals surface area contributed by atoms with Gasteiger partial charge in [-0.2, -0.15) is 0 Å². The van der Waals surface area contributed by atoms with Gasteiger partial charge < -0.3 is 25.3 Å². The Hall–Kier alpha value is -2.68. The first-order chi connectivity index (χ1) is 19.7. The predicted octanol–water partition coefficient (Wildman–Crippen LogP) is 4.19. The Labute approximate surface area is 245 Å². The van der Waals surface area contributed by atoms with Crippen LogP contribution in [-0.4, -0.2) is 89.9 Å². The molecule has 3 aliphatic rings. The van der Waals surface area contributed by atoms with Crippen molar-refractivity contribution in [2.75, 3.05) is 39.3 Å². The normalized spacial score (nSPS) is 24.0. The molecule has 41 heavy (non-hydrogen) atoms. The lowest BCUT2D eigenvalue weighted by atomic mass is 9.63. The summed E-state index contributed by atoms with van der Waals surface area (Å²) in [4.78, 5) is 46.9. The minimum absolute atomic E-state index is 0.133. The highest BCUT2D eigenvalue weighted by Crippen LogP contribution is 2.47. The lowest BCUT2D eigenvalue weighted by Gasteiger charge is -2.49.